The molecule has 0 saturated heterocycles. The Kier molecular flexibility index (Phi) is 5.10. The number of fused-ring (bicyclic) bond motifs is 6. The van der Waals surface area contributed by atoms with Gasteiger partial charge in [0.2, 0.25) is 0 Å². The summed E-state index contributed by atoms with van der Waals surface area (Å²) in [5.41, 5.74) is 7.09. The molecular weight excluding hydrogens is 490 g/mol. The average Bonchev–Trinajstić information content (AvgIpc) is 3.24. The fourth-order valence-electron chi connectivity index (χ4n) is 5.56. The van der Waals surface area contributed by atoms with Gasteiger partial charge in [0.1, 0.15) is 17.3 Å². The van der Waals surface area contributed by atoms with Crippen LogP contribution in [0.25, 0.3) is 62.4 Å². The van der Waals surface area contributed by atoms with Crippen LogP contribution in [0.1, 0.15) is 11.1 Å². The molecule has 4 heteroatoms. The fourth-order valence-corrected chi connectivity index (χ4v) is 5.56. The van der Waals surface area contributed by atoms with Gasteiger partial charge in [0.25, 0.3) is 0 Å². The third-order valence-electron chi connectivity index (χ3n) is 7.44. The third-order valence-corrected chi connectivity index (χ3v) is 7.44. The minimum absolute atomic E-state index is 0.686. The smallest absolute Gasteiger partial charge is 0.162 e. The van der Waals surface area contributed by atoms with Crippen LogP contribution in [0.4, 0.5) is 0 Å². The largest absolute Gasteiger partial charge is 0.455 e. The lowest BCUT2D eigenvalue weighted by Crippen LogP contribution is -2.02. The predicted octanol–water partition coefficient (Wildman–Crippen LogP) is 9.18. The molecule has 40 heavy (non-hydrogen) atoms. The first kappa shape index (κ1) is 22.5. The molecule has 0 N–H and O–H groups in total. The van der Waals surface area contributed by atoms with Gasteiger partial charge in [-0.15, -0.1) is 0 Å². The van der Waals surface area contributed by atoms with Crippen molar-refractivity contribution in [2.75, 3.05) is 0 Å². The second-order valence-corrected chi connectivity index (χ2v) is 9.87. The van der Waals surface area contributed by atoms with Gasteiger partial charge in [-0.2, -0.15) is 0 Å². The van der Waals surface area contributed by atoms with E-state index in [9.17, 15) is 0 Å². The molecule has 0 bridgehead atoms. The molecule has 7 aromatic rings. The van der Waals surface area contributed by atoms with E-state index in [2.05, 4.69) is 89.5 Å². The Labute approximate surface area is 231 Å². The van der Waals surface area contributed by atoms with Crippen LogP contribution in [0, 0.1) is 0 Å². The summed E-state index contributed by atoms with van der Waals surface area (Å²) in [6.07, 6.45) is 4.26. The first-order valence-electron chi connectivity index (χ1n) is 13.3. The number of hydrogen-bond donors (Lipinski definition) is 0. The summed E-state index contributed by atoms with van der Waals surface area (Å²) in [6.45, 7) is 0. The summed E-state index contributed by atoms with van der Waals surface area (Å²) in [6, 6.07) is 43.4. The molecule has 5 aromatic carbocycles. The van der Waals surface area contributed by atoms with Crippen LogP contribution in [-0.4, -0.2) is 14.5 Å². The normalized spacial score (nSPS) is 12.1. The summed E-state index contributed by atoms with van der Waals surface area (Å²) in [5.74, 6) is 3.20. The number of aromatic nitrogens is 3. The monoisotopic (exact) mass is 513 g/mol. The highest BCUT2D eigenvalue weighted by molar-refractivity contribution is 6.13. The molecule has 3 heterocycles. The highest BCUT2D eigenvalue weighted by atomic mass is 16.5. The minimum Gasteiger partial charge on any atom is -0.455 e. The van der Waals surface area contributed by atoms with Gasteiger partial charge in [-0.1, -0.05) is 109 Å². The SMILES string of the molecule is C1=Cc2ccc3c(c2Oc2ccccc21)c1ccccc1n3-c1cc(-c2ccccc2)nc(-c2ccccc2)n1. The molecule has 0 radical (unpaired) electrons. The van der Waals surface area contributed by atoms with E-state index < -0.39 is 0 Å². The van der Waals surface area contributed by atoms with Crippen molar-refractivity contribution in [2.24, 2.45) is 0 Å². The quantitative estimate of drug-likeness (QED) is 0.236. The lowest BCUT2D eigenvalue weighted by atomic mass is 10.1. The maximum Gasteiger partial charge on any atom is 0.162 e. The molecule has 0 unspecified atom stereocenters. The van der Waals surface area contributed by atoms with Crippen LogP contribution < -0.4 is 4.74 Å². The zero-order chi connectivity index (χ0) is 26.5. The molecular formula is C36H23N3O. The van der Waals surface area contributed by atoms with Crippen molar-refractivity contribution in [1.82, 2.24) is 14.5 Å². The van der Waals surface area contributed by atoms with E-state index in [1.807, 2.05) is 54.6 Å². The Morgan fingerprint density at radius 2 is 1.25 bits per heavy atom. The van der Waals surface area contributed by atoms with Gasteiger partial charge < -0.3 is 4.74 Å². The summed E-state index contributed by atoms with van der Waals surface area (Å²) in [4.78, 5) is 10.1. The number of benzene rings is 5. The lowest BCUT2D eigenvalue weighted by Gasteiger charge is -2.13. The van der Waals surface area contributed by atoms with Crippen LogP contribution in [0.2, 0.25) is 0 Å². The molecule has 0 amide bonds. The molecule has 0 saturated carbocycles. The highest BCUT2D eigenvalue weighted by Gasteiger charge is 2.22. The van der Waals surface area contributed by atoms with E-state index >= 15 is 0 Å². The van der Waals surface area contributed by atoms with Crippen LogP contribution in [-0.2, 0) is 0 Å². The van der Waals surface area contributed by atoms with Gasteiger partial charge >= 0.3 is 0 Å². The highest BCUT2D eigenvalue weighted by Crippen LogP contribution is 2.44. The van der Waals surface area contributed by atoms with Crippen LogP contribution in [0.5, 0.6) is 11.5 Å². The van der Waals surface area contributed by atoms with E-state index in [1.165, 1.54) is 0 Å². The summed E-state index contributed by atoms with van der Waals surface area (Å²) >= 11 is 0. The molecule has 1 aliphatic rings. The first-order valence-corrected chi connectivity index (χ1v) is 13.3. The minimum atomic E-state index is 0.686. The summed E-state index contributed by atoms with van der Waals surface area (Å²) < 4.78 is 8.88. The van der Waals surface area contributed by atoms with E-state index in [4.69, 9.17) is 14.7 Å². The Hall–Kier alpha value is -5.48. The van der Waals surface area contributed by atoms with Crippen molar-refractivity contribution in [3.8, 4) is 40.0 Å². The van der Waals surface area contributed by atoms with Crippen molar-refractivity contribution in [1.29, 1.82) is 0 Å². The molecule has 2 aromatic heterocycles. The zero-order valence-electron chi connectivity index (χ0n) is 21.5. The van der Waals surface area contributed by atoms with Gasteiger partial charge in [-0.3, -0.25) is 4.57 Å². The van der Waals surface area contributed by atoms with E-state index in [0.717, 1.165) is 67.1 Å². The Morgan fingerprint density at radius 3 is 2.10 bits per heavy atom. The standard InChI is InChI=1S/C36H23N3O/c1-3-11-24(12-4-1)29-23-33(38-36(37-29)27-14-5-2-6-15-27)39-30-17-9-8-16-28(30)34-31(39)22-21-26-20-19-25-13-7-10-18-32(25)40-35(26)34/h1-23H. The average molecular weight is 514 g/mol. The second-order valence-electron chi connectivity index (χ2n) is 9.87. The maximum atomic E-state index is 6.65. The van der Waals surface area contributed by atoms with Gasteiger partial charge in [0, 0.05) is 33.7 Å². The van der Waals surface area contributed by atoms with Crippen molar-refractivity contribution >= 4 is 34.0 Å². The van der Waals surface area contributed by atoms with Crippen molar-refractivity contribution in [3.05, 3.63) is 139 Å². The van der Waals surface area contributed by atoms with Crippen molar-refractivity contribution in [2.45, 2.75) is 0 Å². The molecule has 0 spiro atoms. The lowest BCUT2D eigenvalue weighted by molar-refractivity contribution is 0.487. The van der Waals surface area contributed by atoms with Crippen LogP contribution >= 0.6 is 0 Å². The third kappa shape index (κ3) is 3.62. The van der Waals surface area contributed by atoms with Crippen LogP contribution in [0.3, 0.4) is 0 Å². The molecule has 0 atom stereocenters. The van der Waals surface area contributed by atoms with Gasteiger partial charge in [0.05, 0.1) is 22.1 Å². The molecule has 1 aliphatic heterocycles. The summed E-state index contributed by atoms with van der Waals surface area (Å²) in [7, 11) is 0. The van der Waals surface area contributed by atoms with E-state index in [0.29, 0.717) is 5.82 Å². The predicted molar refractivity (Wildman–Crippen MR) is 163 cm³/mol. The molecule has 0 aliphatic carbocycles. The molecule has 8 rings (SSSR count). The molecule has 188 valence electrons. The Balaban J connectivity index is 1.43. The van der Waals surface area contributed by atoms with Gasteiger partial charge in [0.15, 0.2) is 5.82 Å². The van der Waals surface area contributed by atoms with Crippen molar-refractivity contribution < 1.29 is 4.74 Å². The van der Waals surface area contributed by atoms with Gasteiger partial charge in [-0.25, -0.2) is 9.97 Å². The fraction of sp³-hybridized carbons (Fsp3) is 0. The van der Waals surface area contributed by atoms with Gasteiger partial charge in [-0.05, 0) is 24.3 Å². The van der Waals surface area contributed by atoms with Crippen LogP contribution in [0.15, 0.2) is 127 Å². The number of nitrogens with zero attached hydrogens (tertiary/aromatic N) is 3. The molecule has 4 nitrogen and oxygen atoms in total. The molecule has 0 fully saturated rings. The number of para-hydroxylation sites is 2. The zero-order valence-corrected chi connectivity index (χ0v) is 21.5. The summed E-state index contributed by atoms with van der Waals surface area (Å²) in [5, 5.41) is 2.18. The van der Waals surface area contributed by atoms with E-state index in [-0.39, 0.29) is 0 Å². The maximum absolute atomic E-state index is 6.65. The number of ether oxygens (including phenoxy) is 1. The Morgan fingerprint density at radius 1 is 0.550 bits per heavy atom. The Bertz CT molecular complexity index is 2020. The van der Waals surface area contributed by atoms with Crippen molar-refractivity contribution in [3.63, 3.8) is 0 Å². The van der Waals surface area contributed by atoms with E-state index in [1.54, 1.807) is 0 Å². The number of hydrogen-bond acceptors (Lipinski definition) is 3. The topological polar surface area (TPSA) is 39.9 Å². The second kappa shape index (κ2) is 9.07. The first-order chi connectivity index (χ1) is 19.8. The number of rotatable bonds is 3.